The Morgan fingerprint density at radius 3 is 2.56 bits per heavy atom. The van der Waals surface area contributed by atoms with E-state index < -0.39 is 6.10 Å². The Bertz CT molecular complexity index is 629. The van der Waals surface area contributed by atoms with Crippen molar-refractivity contribution in [2.75, 3.05) is 5.01 Å². The molecule has 1 fully saturated rings. The molecular weight excluding hydrogens is 363 g/mol. The Balaban J connectivity index is 1.50. The zero-order valence-electron chi connectivity index (χ0n) is 14.0. The highest BCUT2D eigenvalue weighted by Crippen LogP contribution is 2.26. The lowest BCUT2D eigenvalue weighted by molar-refractivity contribution is -0.191. The predicted octanol–water partition coefficient (Wildman–Crippen LogP) is 3.78. The lowest BCUT2D eigenvalue weighted by atomic mass is 9.95. The molecule has 0 spiro atoms. The van der Waals surface area contributed by atoms with Gasteiger partial charge in [-0.05, 0) is 38.0 Å². The zero-order valence-corrected chi connectivity index (χ0v) is 15.6. The SMILES string of the molecule is CC(ON1C=CN(c2cc(Cl)cc(Cl)c2)N1)C(=O)NC1CCCCC1. The van der Waals surface area contributed by atoms with E-state index in [1.807, 2.05) is 0 Å². The first-order valence-corrected chi connectivity index (χ1v) is 9.23. The van der Waals surface area contributed by atoms with Crippen molar-refractivity contribution in [2.45, 2.75) is 51.2 Å². The molecule has 25 heavy (non-hydrogen) atoms. The number of rotatable bonds is 5. The van der Waals surface area contributed by atoms with E-state index in [4.69, 9.17) is 28.0 Å². The fraction of sp³-hybridized carbons (Fsp3) is 0.471. The third-order valence-electron chi connectivity index (χ3n) is 4.28. The van der Waals surface area contributed by atoms with E-state index in [0.717, 1.165) is 18.5 Å². The van der Waals surface area contributed by atoms with Crippen molar-refractivity contribution >= 4 is 34.8 Å². The first-order valence-electron chi connectivity index (χ1n) is 8.47. The lowest BCUT2D eigenvalue weighted by Crippen LogP contribution is -2.47. The van der Waals surface area contributed by atoms with Crippen molar-refractivity contribution in [3.05, 3.63) is 40.6 Å². The number of amides is 1. The summed E-state index contributed by atoms with van der Waals surface area (Å²) in [5.41, 5.74) is 3.75. The van der Waals surface area contributed by atoms with Crippen LogP contribution in [0, 0.1) is 0 Å². The minimum Gasteiger partial charge on any atom is -0.351 e. The maximum absolute atomic E-state index is 12.3. The van der Waals surface area contributed by atoms with E-state index in [2.05, 4.69) is 10.9 Å². The number of benzene rings is 1. The van der Waals surface area contributed by atoms with Crippen LogP contribution in [0.25, 0.3) is 0 Å². The molecule has 2 aliphatic rings. The Hall–Kier alpha value is -1.47. The summed E-state index contributed by atoms with van der Waals surface area (Å²) in [6.07, 6.45) is 8.52. The second kappa shape index (κ2) is 8.27. The fourth-order valence-corrected chi connectivity index (χ4v) is 3.48. The zero-order chi connectivity index (χ0) is 17.8. The van der Waals surface area contributed by atoms with Gasteiger partial charge in [0.15, 0.2) is 6.10 Å². The molecule has 1 amide bonds. The summed E-state index contributed by atoms with van der Waals surface area (Å²) in [4.78, 5) is 17.9. The van der Waals surface area contributed by atoms with E-state index >= 15 is 0 Å². The standard InChI is InChI=1S/C17H22Cl2N4O2/c1-12(17(24)20-15-5-3-2-4-6-15)25-23-8-7-22(21-23)16-10-13(18)9-14(19)11-16/h7-12,15,21H,2-6H2,1H3,(H,20,24). The molecule has 8 heteroatoms. The van der Waals surface area contributed by atoms with Crippen molar-refractivity contribution in [3.63, 3.8) is 0 Å². The highest BCUT2D eigenvalue weighted by Gasteiger charge is 2.24. The predicted molar refractivity (Wildman–Crippen MR) is 98.6 cm³/mol. The smallest absolute Gasteiger partial charge is 0.251 e. The Morgan fingerprint density at radius 2 is 1.88 bits per heavy atom. The van der Waals surface area contributed by atoms with E-state index in [0.29, 0.717) is 10.0 Å². The summed E-state index contributed by atoms with van der Waals surface area (Å²) < 4.78 is 0. The third kappa shape index (κ3) is 5.01. The molecule has 0 radical (unpaired) electrons. The summed E-state index contributed by atoms with van der Waals surface area (Å²) in [5.74, 6) is -0.105. The molecule has 1 heterocycles. The van der Waals surface area contributed by atoms with Crippen LogP contribution in [0.1, 0.15) is 39.0 Å². The van der Waals surface area contributed by atoms with Crippen LogP contribution in [0.4, 0.5) is 5.69 Å². The molecule has 1 aromatic rings. The molecule has 3 rings (SSSR count). The van der Waals surface area contributed by atoms with Gasteiger partial charge in [-0.15, -0.1) is 5.53 Å². The van der Waals surface area contributed by atoms with Crippen molar-refractivity contribution in [1.29, 1.82) is 0 Å². The van der Waals surface area contributed by atoms with Gasteiger partial charge in [0.25, 0.3) is 5.91 Å². The molecule has 2 N–H and O–H groups in total. The van der Waals surface area contributed by atoms with Crippen LogP contribution >= 0.6 is 23.2 Å². The maximum atomic E-state index is 12.3. The third-order valence-corrected chi connectivity index (χ3v) is 4.71. The average Bonchev–Trinajstić information content (AvgIpc) is 3.03. The summed E-state index contributed by atoms with van der Waals surface area (Å²) >= 11 is 12.0. The number of nitrogens with zero attached hydrogens (tertiary/aromatic N) is 2. The van der Waals surface area contributed by atoms with Crippen LogP contribution in [-0.4, -0.2) is 23.2 Å². The number of halogens is 2. The highest BCUT2D eigenvalue weighted by molar-refractivity contribution is 6.35. The molecule has 1 aliphatic carbocycles. The number of hydrogen-bond donors (Lipinski definition) is 2. The Morgan fingerprint density at radius 1 is 1.20 bits per heavy atom. The molecule has 6 nitrogen and oxygen atoms in total. The number of hydroxylamine groups is 1. The summed E-state index contributed by atoms with van der Waals surface area (Å²) in [6, 6.07) is 5.47. The summed E-state index contributed by atoms with van der Waals surface area (Å²) in [7, 11) is 0. The van der Waals surface area contributed by atoms with Crippen LogP contribution in [0.5, 0.6) is 0 Å². The van der Waals surface area contributed by atoms with Crippen LogP contribution in [-0.2, 0) is 9.63 Å². The molecular formula is C17H22Cl2N4O2. The first-order chi connectivity index (χ1) is 12.0. The van der Waals surface area contributed by atoms with Crippen LogP contribution in [0.2, 0.25) is 10.0 Å². The summed E-state index contributed by atoms with van der Waals surface area (Å²) in [5, 5.41) is 7.22. The fourth-order valence-electron chi connectivity index (χ4n) is 2.96. The van der Waals surface area contributed by atoms with E-state index in [1.165, 1.54) is 24.4 Å². The minimum absolute atomic E-state index is 0.105. The van der Waals surface area contributed by atoms with Gasteiger partial charge >= 0.3 is 0 Å². The second-order valence-electron chi connectivity index (χ2n) is 6.31. The summed E-state index contributed by atoms with van der Waals surface area (Å²) in [6.45, 7) is 1.73. The van der Waals surface area contributed by atoms with Crippen LogP contribution < -0.4 is 15.9 Å². The quantitative estimate of drug-likeness (QED) is 0.808. The van der Waals surface area contributed by atoms with Gasteiger partial charge in [0.1, 0.15) is 0 Å². The number of nitrogens with one attached hydrogen (secondary N) is 2. The molecule has 1 aliphatic heterocycles. The van der Waals surface area contributed by atoms with Gasteiger partial charge in [0.05, 0.1) is 11.9 Å². The van der Waals surface area contributed by atoms with Gasteiger partial charge in [-0.1, -0.05) is 42.5 Å². The number of carbonyl (C=O) groups excluding carboxylic acids is 1. The normalized spacial score (nSPS) is 19.3. The first kappa shape index (κ1) is 18.3. The van der Waals surface area contributed by atoms with Crippen LogP contribution in [0.15, 0.2) is 30.6 Å². The molecule has 136 valence electrons. The van der Waals surface area contributed by atoms with Gasteiger partial charge in [-0.3, -0.25) is 9.80 Å². The van der Waals surface area contributed by atoms with Gasteiger partial charge in [0.2, 0.25) is 0 Å². The number of carbonyl (C=O) groups is 1. The topological polar surface area (TPSA) is 56.8 Å². The maximum Gasteiger partial charge on any atom is 0.251 e. The second-order valence-corrected chi connectivity index (χ2v) is 7.19. The largest absolute Gasteiger partial charge is 0.351 e. The van der Waals surface area contributed by atoms with E-state index in [-0.39, 0.29) is 11.9 Å². The van der Waals surface area contributed by atoms with Crippen molar-refractivity contribution < 1.29 is 9.63 Å². The van der Waals surface area contributed by atoms with E-state index in [9.17, 15) is 4.79 Å². The van der Waals surface area contributed by atoms with Gasteiger partial charge in [-0.25, -0.2) is 4.84 Å². The number of anilines is 1. The molecule has 1 atom stereocenters. The molecule has 1 saturated carbocycles. The van der Waals surface area contributed by atoms with Crippen molar-refractivity contribution in [2.24, 2.45) is 0 Å². The Labute approximate surface area is 157 Å². The molecule has 0 saturated heterocycles. The van der Waals surface area contributed by atoms with Crippen molar-refractivity contribution in [3.8, 4) is 0 Å². The van der Waals surface area contributed by atoms with Gasteiger partial charge in [0, 0.05) is 22.3 Å². The number of hydrogen-bond acceptors (Lipinski definition) is 5. The number of hydrazine groups is 2. The lowest BCUT2D eigenvalue weighted by Gasteiger charge is -2.27. The monoisotopic (exact) mass is 384 g/mol. The molecule has 1 aromatic carbocycles. The average molecular weight is 385 g/mol. The minimum atomic E-state index is -0.609. The van der Waals surface area contributed by atoms with Crippen molar-refractivity contribution in [1.82, 2.24) is 16.0 Å². The van der Waals surface area contributed by atoms with E-state index in [1.54, 1.807) is 42.5 Å². The molecule has 1 unspecified atom stereocenters. The Kier molecular flexibility index (Phi) is 6.06. The molecule has 0 aromatic heterocycles. The van der Waals surface area contributed by atoms with Gasteiger partial charge < -0.3 is 5.32 Å². The van der Waals surface area contributed by atoms with Gasteiger partial charge in [-0.2, -0.15) is 5.17 Å². The van der Waals surface area contributed by atoms with Crippen LogP contribution in [0.3, 0.4) is 0 Å². The molecule has 0 bridgehead atoms. The highest BCUT2D eigenvalue weighted by atomic mass is 35.5.